The van der Waals surface area contributed by atoms with E-state index in [1.54, 1.807) is 0 Å². The van der Waals surface area contributed by atoms with E-state index >= 15 is 0 Å². The van der Waals surface area contributed by atoms with Gasteiger partial charge in [0.05, 0.1) is 22.4 Å². The predicted molar refractivity (Wildman–Crippen MR) is 238 cm³/mol. The summed E-state index contributed by atoms with van der Waals surface area (Å²) in [7, 11) is 0. The maximum absolute atomic E-state index is 5.23. The van der Waals surface area contributed by atoms with Gasteiger partial charge in [0.15, 0.2) is 0 Å². The Morgan fingerprint density at radius 1 is 0.333 bits per heavy atom. The third-order valence-corrected chi connectivity index (χ3v) is 11.2. The third-order valence-electron chi connectivity index (χ3n) is 11.2. The molecule has 0 aliphatic carbocycles. The number of hydrogen-bond donors (Lipinski definition) is 0. The molecular weight excluding hydrogens is 691 g/mol. The fourth-order valence-corrected chi connectivity index (χ4v) is 8.42. The van der Waals surface area contributed by atoms with Gasteiger partial charge in [-0.2, -0.15) is 0 Å². The van der Waals surface area contributed by atoms with Crippen LogP contribution in [0.1, 0.15) is 11.1 Å². The second-order valence-electron chi connectivity index (χ2n) is 14.6. The molecule has 3 nitrogen and oxygen atoms in total. The van der Waals surface area contributed by atoms with Gasteiger partial charge in [-0.05, 0) is 93.7 Å². The highest BCUT2D eigenvalue weighted by atomic mass is 15.2. The molecule has 0 amide bonds. The van der Waals surface area contributed by atoms with Gasteiger partial charge in [0.1, 0.15) is 0 Å². The molecule has 57 heavy (non-hydrogen) atoms. The number of nitrogens with zero attached hydrogens (tertiary/aromatic N) is 3. The van der Waals surface area contributed by atoms with Crippen LogP contribution in [0.15, 0.2) is 200 Å². The molecule has 0 aliphatic heterocycles. The number of rotatable bonds is 7. The largest absolute Gasteiger partial charge is 0.278 e. The molecule has 10 aromatic rings. The van der Waals surface area contributed by atoms with Crippen molar-refractivity contribution in [2.45, 2.75) is 13.8 Å². The number of hydrogen-bond acceptors (Lipinski definition) is 2. The Kier molecular flexibility index (Phi) is 8.61. The van der Waals surface area contributed by atoms with Crippen LogP contribution in [0.25, 0.3) is 94.8 Å². The Hall–Kier alpha value is -7.36. The van der Waals surface area contributed by atoms with E-state index in [1.165, 1.54) is 50.1 Å². The van der Waals surface area contributed by atoms with Gasteiger partial charge in [0.2, 0.25) is 5.95 Å². The summed E-state index contributed by atoms with van der Waals surface area (Å²) in [5, 5.41) is 2.31. The van der Waals surface area contributed by atoms with Crippen molar-refractivity contribution in [3.05, 3.63) is 211 Å². The Morgan fingerprint density at radius 2 is 0.807 bits per heavy atom. The van der Waals surface area contributed by atoms with Crippen LogP contribution in [0, 0.1) is 13.8 Å². The predicted octanol–water partition coefficient (Wildman–Crippen LogP) is 14.2. The molecule has 0 bridgehead atoms. The van der Waals surface area contributed by atoms with Gasteiger partial charge >= 0.3 is 0 Å². The van der Waals surface area contributed by atoms with Gasteiger partial charge < -0.3 is 0 Å². The Bertz CT molecular complexity index is 3030. The molecule has 8 aromatic carbocycles. The fraction of sp³-hybridized carbons (Fsp3) is 0.0370. The minimum absolute atomic E-state index is 0.645. The molecule has 0 aliphatic rings. The molecule has 0 fully saturated rings. The maximum atomic E-state index is 5.23. The van der Waals surface area contributed by atoms with Crippen molar-refractivity contribution < 1.29 is 0 Å². The normalized spacial score (nSPS) is 11.3. The van der Waals surface area contributed by atoms with Gasteiger partial charge in [-0.1, -0.05) is 176 Å². The first-order chi connectivity index (χ1) is 28.1. The highest BCUT2D eigenvalue weighted by Gasteiger charge is 2.20. The van der Waals surface area contributed by atoms with E-state index in [2.05, 4.69) is 206 Å². The van der Waals surface area contributed by atoms with Crippen LogP contribution in [0.2, 0.25) is 0 Å². The van der Waals surface area contributed by atoms with E-state index in [-0.39, 0.29) is 0 Å². The van der Waals surface area contributed by atoms with Crippen molar-refractivity contribution in [1.29, 1.82) is 0 Å². The minimum Gasteiger partial charge on any atom is -0.278 e. The van der Waals surface area contributed by atoms with Gasteiger partial charge in [-0.3, -0.25) is 4.57 Å². The fourth-order valence-electron chi connectivity index (χ4n) is 8.42. The zero-order valence-corrected chi connectivity index (χ0v) is 31.9. The van der Waals surface area contributed by atoms with E-state index in [9.17, 15) is 0 Å². The van der Waals surface area contributed by atoms with Crippen LogP contribution in [0.4, 0.5) is 0 Å². The second-order valence-corrected chi connectivity index (χ2v) is 14.6. The van der Waals surface area contributed by atoms with E-state index in [4.69, 9.17) is 9.97 Å². The Balaban J connectivity index is 1.14. The summed E-state index contributed by atoms with van der Waals surface area (Å²) < 4.78 is 2.22. The molecule has 0 atom stereocenters. The molecule has 0 spiro atoms. The first kappa shape index (κ1) is 34.2. The molecule has 0 unspecified atom stereocenters. The van der Waals surface area contributed by atoms with Gasteiger partial charge in [-0.25, -0.2) is 9.97 Å². The van der Waals surface area contributed by atoms with Crippen LogP contribution in [-0.4, -0.2) is 14.5 Å². The average molecular weight is 730 g/mol. The molecule has 2 aromatic heterocycles. The minimum atomic E-state index is 0.645. The van der Waals surface area contributed by atoms with Gasteiger partial charge in [-0.15, -0.1) is 0 Å². The maximum Gasteiger partial charge on any atom is 0.235 e. The Morgan fingerprint density at radius 3 is 1.46 bits per heavy atom. The van der Waals surface area contributed by atoms with Crippen LogP contribution >= 0.6 is 0 Å². The molecule has 2 heterocycles. The lowest BCUT2D eigenvalue weighted by molar-refractivity contribution is 0.995. The van der Waals surface area contributed by atoms with Crippen LogP contribution in [-0.2, 0) is 0 Å². The molecule has 0 radical (unpaired) electrons. The van der Waals surface area contributed by atoms with E-state index in [0.717, 1.165) is 49.9 Å². The van der Waals surface area contributed by atoms with Gasteiger partial charge in [0.25, 0.3) is 0 Å². The summed E-state index contributed by atoms with van der Waals surface area (Å²) >= 11 is 0. The Labute approximate surface area is 333 Å². The third kappa shape index (κ3) is 6.11. The summed E-state index contributed by atoms with van der Waals surface area (Å²) in [6.07, 6.45) is 0. The summed E-state index contributed by atoms with van der Waals surface area (Å²) in [5.74, 6) is 0.645. The van der Waals surface area contributed by atoms with Crippen molar-refractivity contribution in [1.82, 2.24) is 14.5 Å². The van der Waals surface area contributed by atoms with Gasteiger partial charge in [0, 0.05) is 21.9 Å². The number of aromatic nitrogens is 3. The zero-order valence-electron chi connectivity index (χ0n) is 31.9. The summed E-state index contributed by atoms with van der Waals surface area (Å²) in [6.45, 7) is 4.45. The van der Waals surface area contributed by atoms with Crippen LogP contribution in [0.5, 0.6) is 0 Å². The first-order valence-corrected chi connectivity index (χ1v) is 19.5. The molecule has 0 saturated heterocycles. The van der Waals surface area contributed by atoms with E-state index in [1.807, 2.05) is 12.1 Å². The average Bonchev–Trinajstić information content (AvgIpc) is 3.61. The van der Waals surface area contributed by atoms with Crippen molar-refractivity contribution >= 4 is 21.8 Å². The lowest BCUT2D eigenvalue weighted by Crippen LogP contribution is -2.04. The van der Waals surface area contributed by atoms with E-state index < -0.39 is 0 Å². The molecule has 3 heteroatoms. The monoisotopic (exact) mass is 729 g/mol. The lowest BCUT2D eigenvalue weighted by Gasteiger charge is -2.18. The number of fused-ring (bicyclic) bond motifs is 3. The summed E-state index contributed by atoms with van der Waals surface area (Å²) in [6, 6.07) is 71.3. The summed E-state index contributed by atoms with van der Waals surface area (Å²) in [5.41, 5.74) is 18.3. The van der Waals surface area contributed by atoms with Crippen molar-refractivity contribution in [2.24, 2.45) is 0 Å². The van der Waals surface area contributed by atoms with Crippen LogP contribution in [0.3, 0.4) is 0 Å². The summed E-state index contributed by atoms with van der Waals surface area (Å²) in [4.78, 5) is 10.5. The number of aryl methyl sites for hydroxylation is 1. The smallest absolute Gasteiger partial charge is 0.235 e. The molecule has 0 N–H and O–H groups in total. The van der Waals surface area contributed by atoms with Crippen molar-refractivity contribution in [2.75, 3.05) is 0 Å². The number of benzene rings is 8. The quantitative estimate of drug-likeness (QED) is 0.164. The lowest BCUT2D eigenvalue weighted by atomic mass is 9.86. The zero-order chi connectivity index (χ0) is 38.3. The molecule has 10 rings (SSSR count). The van der Waals surface area contributed by atoms with Crippen molar-refractivity contribution in [3.8, 4) is 73.0 Å². The van der Waals surface area contributed by atoms with E-state index in [0.29, 0.717) is 5.95 Å². The van der Waals surface area contributed by atoms with Crippen molar-refractivity contribution in [3.63, 3.8) is 0 Å². The molecule has 0 saturated carbocycles. The highest BCUT2D eigenvalue weighted by Crippen LogP contribution is 2.43. The standard InChI is InChI=1S/C54H39N3/c1-36-18-9-10-23-41(36)42-29-17-30-43(37(42)2)45-25-13-14-27-47(45)46-26-12-11-24-44(46)40-32-33-53-49(34-40)48-28-15-16-31-52(48)57(53)54-55-50(38-19-5-3-6-20-38)35-51(56-54)39-21-7-4-8-22-39/h3-35H,1-2H3. The molecule has 270 valence electrons. The second kappa shape index (κ2) is 14.4. The van der Waals surface area contributed by atoms with Crippen LogP contribution < -0.4 is 0 Å². The highest BCUT2D eigenvalue weighted by molar-refractivity contribution is 6.11. The molecular formula is C54H39N3. The number of para-hydroxylation sites is 1. The topological polar surface area (TPSA) is 30.7 Å². The first-order valence-electron chi connectivity index (χ1n) is 19.5. The SMILES string of the molecule is Cc1ccccc1-c1cccc(-c2ccccc2-c2ccccc2-c2ccc3c(c2)c2ccccc2n3-c2nc(-c3ccccc3)cc(-c3ccccc3)n2)c1C.